The van der Waals surface area contributed by atoms with Crippen LogP contribution in [0.4, 0.5) is 0 Å². The van der Waals surface area contributed by atoms with E-state index in [1.807, 2.05) is 66.7 Å². The zero-order valence-electron chi connectivity index (χ0n) is 16.1. The Morgan fingerprint density at radius 3 is 2.77 bits per heavy atom. The summed E-state index contributed by atoms with van der Waals surface area (Å²) in [7, 11) is 0. The number of ether oxygens (including phenoxy) is 1. The van der Waals surface area contributed by atoms with E-state index in [4.69, 9.17) is 4.74 Å². The molecular formula is C24H14BrN3O2S. The molecule has 0 aliphatic rings. The summed E-state index contributed by atoms with van der Waals surface area (Å²) in [5.74, 6) is 0.666. The molecule has 0 bridgehead atoms. The maximum absolute atomic E-state index is 12.9. The number of thiazole rings is 1. The molecule has 3 aromatic carbocycles. The van der Waals surface area contributed by atoms with Crippen LogP contribution in [0.25, 0.3) is 22.1 Å². The lowest BCUT2D eigenvalue weighted by Crippen LogP contribution is -2.22. The van der Waals surface area contributed by atoms with E-state index in [0.29, 0.717) is 27.4 Å². The first-order valence-electron chi connectivity index (χ1n) is 9.46. The highest BCUT2D eigenvalue weighted by Crippen LogP contribution is 2.27. The average molecular weight is 488 g/mol. The van der Waals surface area contributed by atoms with Gasteiger partial charge in [-0.3, -0.25) is 4.79 Å². The third kappa shape index (κ3) is 3.61. The first-order valence-corrected chi connectivity index (χ1v) is 11.1. The van der Waals surface area contributed by atoms with Gasteiger partial charge in [-0.25, -0.2) is 9.38 Å². The Bertz CT molecular complexity index is 1600. The van der Waals surface area contributed by atoms with Crippen molar-refractivity contribution in [2.45, 2.75) is 6.61 Å². The van der Waals surface area contributed by atoms with E-state index in [9.17, 15) is 10.1 Å². The van der Waals surface area contributed by atoms with Gasteiger partial charge < -0.3 is 4.74 Å². The maximum Gasteiger partial charge on any atom is 0.274 e. The van der Waals surface area contributed by atoms with Gasteiger partial charge >= 0.3 is 0 Å². The fourth-order valence-corrected chi connectivity index (χ4v) is 4.90. The molecular weight excluding hydrogens is 474 g/mol. The Balaban J connectivity index is 1.45. The van der Waals surface area contributed by atoms with Crippen molar-refractivity contribution in [3.8, 4) is 11.8 Å². The van der Waals surface area contributed by atoms with Crippen LogP contribution in [-0.4, -0.2) is 9.38 Å². The molecule has 0 spiro atoms. The van der Waals surface area contributed by atoms with E-state index in [-0.39, 0.29) is 5.56 Å². The van der Waals surface area contributed by atoms with Gasteiger partial charge in [-0.2, -0.15) is 5.26 Å². The molecule has 7 heteroatoms. The molecule has 31 heavy (non-hydrogen) atoms. The van der Waals surface area contributed by atoms with Gasteiger partial charge in [0, 0.05) is 5.56 Å². The smallest absolute Gasteiger partial charge is 0.274 e. The zero-order valence-corrected chi connectivity index (χ0v) is 18.5. The number of rotatable bonds is 4. The third-order valence-corrected chi connectivity index (χ3v) is 6.51. The summed E-state index contributed by atoms with van der Waals surface area (Å²) in [4.78, 5) is 18.2. The Hall–Kier alpha value is -3.47. The Kier molecular flexibility index (Phi) is 5.02. The lowest BCUT2D eigenvalue weighted by molar-refractivity contribution is 0.304. The van der Waals surface area contributed by atoms with Gasteiger partial charge in [-0.1, -0.05) is 47.7 Å². The third-order valence-electron chi connectivity index (χ3n) is 4.92. The molecule has 5 aromatic rings. The zero-order chi connectivity index (χ0) is 21.4. The van der Waals surface area contributed by atoms with Crippen LogP contribution in [0.5, 0.6) is 5.75 Å². The van der Waals surface area contributed by atoms with Crippen molar-refractivity contribution in [2.75, 3.05) is 0 Å². The second-order valence-electron chi connectivity index (χ2n) is 6.88. The summed E-state index contributed by atoms with van der Waals surface area (Å²) in [6.07, 6.45) is 1.86. The summed E-state index contributed by atoms with van der Waals surface area (Å²) < 4.78 is 8.95. The molecule has 2 aromatic heterocycles. The van der Waals surface area contributed by atoms with Gasteiger partial charge in [0.05, 0.1) is 31.7 Å². The summed E-state index contributed by atoms with van der Waals surface area (Å²) >= 11 is 4.92. The first kappa shape index (κ1) is 19.5. The van der Waals surface area contributed by atoms with E-state index < -0.39 is 0 Å². The Labute approximate surface area is 189 Å². The normalized spacial score (nSPS) is 11.8. The number of nitriles is 1. The number of halogens is 1. The largest absolute Gasteiger partial charge is 0.488 e. The number of imidazole rings is 1. The predicted octanol–water partition coefficient (Wildman–Crippen LogP) is 4.67. The summed E-state index contributed by atoms with van der Waals surface area (Å²) in [5, 5.41) is 9.21. The number of fused-ring (bicyclic) bond motifs is 3. The van der Waals surface area contributed by atoms with E-state index in [2.05, 4.69) is 27.0 Å². The number of benzene rings is 3. The van der Waals surface area contributed by atoms with Crippen molar-refractivity contribution in [3.05, 3.63) is 103 Å². The SMILES string of the molecule is N#Cc1ccccc1COc1ccc(/C=c2/sc3nc4ccccc4n3c2=O)cc1Br. The molecule has 5 rings (SSSR count). The minimum absolute atomic E-state index is 0.0711. The van der Waals surface area contributed by atoms with E-state index >= 15 is 0 Å². The second-order valence-corrected chi connectivity index (χ2v) is 8.75. The standard InChI is InChI=1S/C24H14BrN3O2S/c25-18-11-15(9-10-21(18)30-14-17-6-2-1-5-16(17)13-26)12-22-23(29)28-20-8-4-3-7-19(20)27-24(28)31-22/h1-12H,14H2/b22-12+. The lowest BCUT2D eigenvalue weighted by atomic mass is 10.1. The number of para-hydroxylation sites is 2. The van der Waals surface area contributed by atoms with Gasteiger partial charge in [-0.05, 0) is 57.9 Å². The molecule has 5 nitrogen and oxygen atoms in total. The Morgan fingerprint density at radius 2 is 1.94 bits per heavy atom. The minimum atomic E-state index is -0.0711. The van der Waals surface area contributed by atoms with Crippen LogP contribution in [0.2, 0.25) is 0 Å². The van der Waals surface area contributed by atoms with Crippen LogP contribution in [0.1, 0.15) is 16.7 Å². The fourth-order valence-electron chi connectivity index (χ4n) is 3.40. The highest BCUT2D eigenvalue weighted by molar-refractivity contribution is 9.10. The Morgan fingerprint density at radius 1 is 1.13 bits per heavy atom. The molecule has 0 unspecified atom stereocenters. The summed E-state index contributed by atoms with van der Waals surface area (Å²) in [5.41, 5.74) is 3.88. The minimum Gasteiger partial charge on any atom is -0.488 e. The van der Waals surface area contributed by atoms with Crippen LogP contribution in [-0.2, 0) is 6.61 Å². The van der Waals surface area contributed by atoms with E-state index in [1.165, 1.54) is 11.3 Å². The molecule has 0 radical (unpaired) electrons. The van der Waals surface area contributed by atoms with Gasteiger partial charge in [0.25, 0.3) is 5.56 Å². The first-order chi connectivity index (χ1) is 15.1. The van der Waals surface area contributed by atoms with E-state index in [0.717, 1.165) is 26.6 Å². The van der Waals surface area contributed by atoms with Crippen LogP contribution in [0.15, 0.2) is 76.0 Å². The summed E-state index contributed by atoms with van der Waals surface area (Å²) in [6, 6.07) is 22.8. The molecule has 0 amide bonds. The molecule has 150 valence electrons. The monoisotopic (exact) mass is 487 g/mol. The number of nitrogens with zero attached hydrogens (tertiary/aromatic N) is 3. The van der Waals surface area contributed by atoms with Crippen molar-refractivity contribution in [1.29, 1.82) is 5.26 Å². The van der Waals surface area contributed by atoms with Gasteiger partial charge in [0.2, 0.25) is 0 Å². The van der Waals surface area contributed by atoms with Crippen molar-refractivity contribution >= 4 is 49.3 Å². The van der Waals surface area contributed by atoms with Crippen LogP contribution in [0.3, 0.4) is 0 Å². The number of aromatic nitrogens is 2. The highest BCUT2D eigenvalue weighted by atomic mass is 79.9. The predicted molar refractivity (Wildman–Crippen MR) is 125 cm³/mol. The van der Waals surface area contributed by atoms with Crippen molar-refractivity contribution in [2.24, 2.45) is 0 Å². The molecule has 0 saturated heterocycles. The molecule has 0 saturated carbocycles. The van der Waals surface area contributed by atoms with Crippen LogP contribution in [0, 0.1) is 11.3 Å². The highest BCUT2D eigenvalue weighted by Gasteiger charge is 2.11. The van der Waals surface area contributed by atoms with Crippen molar-refractivity contribution in [3.63, 3.8) is 0 Å². The van der Waals surface area contributed by atoms with Gasteiger partial charge in [0.15, 0.2) is 4.96 Å². The van der Waals surface area contributed by atoms with Crippen molar-refractivity contribution in [1.82, 2.24) is 9.38 Å². The molecule has 2 heterocycles. The number of hydrogen-bond donors (Lipinski definition) is 0. The number of hydrogen-bond acceptors (Lipinski definition) is 5. The van der Waals surface area contributed by atoms with E-state index in [1.54, 1.807) is 10.5 Å². The lowest BCUT2D eigenvalue weighted by Gasteiger charge is -2.10. The second kappa shape index (κ2) is 7.99. The van der Waals surface area contributed by atoms with Crippen LogP contribution < -0.4 is 14.8 Å². The fraction of sp³-hybridized carbons (Fsp3) is 0.0417. The van der Waals surface area contributed by atoms with Gasteiger partial charge in [-0.15, -0.1) is 0 Å². The van der Waals surface area contributed by atoms with Crippen LogP contribution >= 0.6 is 27.3 Å². The molecule has 0 atom stereocenters. The van der Waals surface area contributed by atoms with Crippen molar-refractivity contribution < 1.29 is 4.74 Å². The molecule has 0 N–H and O–H groups in total. The molecule has 0 fully saturated rings. The quantitative estimate of drug-likeness (QED) is 0.369. The summed E-state index contributed by atoms with van der Waals surface area (Å²) in [6.45, 7) is 0.297. The molecule has 0 aliphatic carbocycles. The average Bonchev–Trinajstić information content (AvgIpc) is 3.29. The molecule has 0 aliphatic heterocycles. The van der Waals surface area contributed by atoms with Gasteiger partial charge in [0.1, 0.15) is 12.4 Å². The maximum atomic E-state index is 12.9. The topological polar surface area (TPSA) is 67.4 Å².